The summed E-state index contributed by atoms with van der Waals surface area (Å²) in [5, 5.41) is 15.4. The Morgan fingerprint density at radius 1 is 1.29 bits per heavy atom. The third-order valence-electron chi connectivity index (χ3n) is 6.43. The molecule has 0 unspecified atom stereocenters. The molecule has 2 aromatic rings. The summed E-state index contributed by atoms with van der Waals surface area (Å²) in [6, 6.07) is 3.98. The van der Waals surface area contributed by atoms with Crippen molar-refractivity contribution in [2.75, 3.05) is 40.3 Å². The molecule has 0 saturated carbocycles. The van der Waals surface area contributed by atoms with E-state index in [1.54, 1.807) is 37.5 Å². The third-order valence-corrected chi connectivity index (χ3v) is 7.21. The van der Waals surface area contributed by atoms with Crippen LogP contribution in [0.4, 0.5) is 13.2 Å². The first-order valence-corrected chi connectivity index (χ1v) is 12.7. The van der Waals surface area contributed by atoms with Crippen LogP contribution in [0.5, 0.6) is 0 Å². The van der Waals surface area contributed by atoms with Crippen molar-refractivity contribution in [3.05, 3.63) is 63.5 Å². The molecule has 1 saturated heterocycles. The first-order chi connectivity index (χ1) is 17.9. The molecule has 1 aromatic carbocycles. The highest BCUT2D eigenvalue weighted by molar-refractivity contribution is 7.11. The molecule has 0 radical (unpaired) electrons. The van der Waals surface area contributed by atoms with Gasteiger partial charge in [-0.25, -0.2) is 27.9 Å². The predicted octanol–water partition coefficient (Wildman–Crippen LogP) is 2.70. The van der Waals surface area contributed by atoms with E-state index in [1.807, 2.05) is 0 Å². The van der Waals surface area contributed by atoms with E-state index in [0.29, 0.717) is 17.1 Å². The second kappa shape index (κ2) is 10.8. The Hall–Kier alpha value is -3.29. The number of aromatic nitrogens is 1. The molecular formula is C25H28F3N5O4S. The molecule has 0 bridgehead atoms. The van der Waals surface area contributed by atoms with Crippen molar-refractivity contribution in [1.82, 2.24) is 20.1 Å². The van der Waals surface area contributed by atoms with Crippen molar-refractivity contribution < 1.29 is 32.6 Å². The van der Waals surface area contributed by atoms with Crippen LogP contribution in [0.25, 0.3) is 0 Å². The van der Waals surface area contributed by atoms with Gasteiger partial charge in [-0.1, -0.05) is 12.1 Å². The molecule has 9 nitrogen and oxygen atoms in total. The minimum absolute atomic E-state index is 0.0343. The summed E-state index contributed by atoms with van der Waals surface area (Å²) >= 11 is 1.25. The lowest BCUT2D eigenvalue weighted by Gasteiger charge is -2.36. The van der Waals surface area contributed by atoms with Crippen molar-refractivity contribution >= 4 is 29.1 Å². The van der Waals surface area contributed by atoms with E-state index in [-0.39, 0.29) is 30.3 Å². The summed E-state index contributed by atoms with van der Waals surface area (Å²) in [5.74, 6) is -5.57. The van der Waals surface area contributed by atoms with Crippen LogP contribution in [0, 0.1) is 5.82 Å². The smallest absolute Gasteiger partial charge is 0.336 e. The number of amidine groups is 1. The number of carbonyl (C=O) groups is 2. The minimum Gasteiger partial charge on any atom is -0.478 e. The summed E-state index contributed by atoms with van der Waals surface area (Å²) in [5.41, 5.74) is -1.26. The van der Waals surface area contributed by atoms with Gasteiger partial charge in [0.05, 0.1) is 12.1 Å². The molecule has 0 aliphatic carbocycles. The van der Waals surface area contributed by atoms with Crippen LogP contribution in [0.1, 0.15) is 23.9 Å². The molecule has 0 spiro atoms. The number of nitrogens with zero attached hydrogens (tertiary/aromatic N) is 4. The number of nitrogens with one attached hydrogen (secondary N) is 1. The van der Waals surface area contributed by atoms with Crippen LogP contribution < -0.4 is 5.32 Å². The van der Waals surface area contributed by atoms with Crippen LogP contribution >= 0.6 is 11.3 Å². The summed E-state index contributed by atoms with van der Waals surface area (Å²) in [6.07, 6.45) is 0.808. The number of halogens is 3. The zero-order valence-corrected chi connectivity index (χ0v) is 21.9. The minimum atomic E-state index is -3.17. The van der Waals surface area contributed by atoms with E-state index in [1.165, 1.54) is 40.5 Å². The fourth-order valence-electron chi connectivity index (χ4n) is 4.60. The predicted molar refractivity (Wildman–Crippen MR) is 135 cm³/mol. The van der Waals surface area contributed by atoms with Crippen molar-refractivity contribution in [2.45, 2.75) is 30.8 Å². The van der Waals surface area contributed by atoms with Gasteiger partial charge in [-0.05, 0) is 38.7 Å². The van der Waals surface area contributed by atoms with Gasteiger partial charge < -0.3 is 20.1 Å². The highest BCUT2D eigenvalue weighted by Gasteiger charge is 2.50. The molecule has 1 aromatic heterocycles. The standard InChI is InChI=1S/C25H28F3N5O4S/c1-24(15-4-6-16(26)7-5-15)19(22(34)35)17(30-20(31-24)21-29-8-11-38-21)13-33-14-25(27,28)12-18(33)23(36)37-10-9-32(2)3/h4-8,11,18H,9-10,12-14H2,1-3H3,(H,30,31)(H,34,35)/t18-,24-/m0/s1. The highest BCUT2D eigenvalue weighted by atomic mass is 32.1. The highest BCUT2D eigenvalue weighted by Crippen LogP contribution is 2.40. The Morgan fingerprint density at radius 3 is 2.61 bits per heavy atom. The van der Waals surface area contributed by atoms with Crippen LogP contribution in [-0.4, -0.2) is 90.0 Å². The van der Waals surface area contributed by atoms with Crippen LogP contribution in [0.2, 0.25) is 0 Å². The Balaban J connectivity index is 1.73. The third kappa shape index (κ3) is 5.89. The number of aliphatic imine (C=N–C) groups is 1. The fraction of sp³-hybridized carbons (Fsp3) is 0.440. The van der Waals surface area contributed by atoms with Gasteiger partial charge in [-0.3, -0.25) is 9.69 Å². The van der Waals surface area contributed by atoms with E-state index in [9.17, 15) is 27.9 Å². The second-order valence-corrected chi connectivity index (χ2v) is 10.5. The topological polar surface area (TPSA) is 107 Å². The lowest BCUT2D eigenvalue weighted by atomic mass is 9.82. The lowest BCUT2D eigenvalue weighted by Crippen LogP contribution is -2.47. The van der Waals surface area contributed by atoms with Gasteiger partial charge in [0.25, 0.3) is 5.92 Å². The summed E-state index contributed by atoms with van der Waals surface area (Å²) < 4.78 is 48.0. The van der Waals surface area contributed by atoms with Gasteiger partial charge in [0, 0.05) is 36.8 Å². The fourth-order valence-corrected chi connectivity index (χ4v) is 5.18. The van der Waals surface area contributed by atoms with Crippen molar-refractivity contribution in [2.24, 2.45) is 4.99 Å². The van der Waals surface area contributed by atoms with Crippen LogP contribution in [0.3, 0.4) is 0 Å². The number of hydrogen-bond acceptors (Lipinski definition) is 9. The number of thiazole rings is 1. The number of benzene rings is 1. The average molecular weight is 552 g/mol. The van der Waals surface area contributed by atoms with E-state index in [0.717, 1.165) is 0 Å². The summed E-state index contributed by atoms with van der Waals surface area (Å²) in [4.78, 5) is 37.3. The number of likely N-dealkylation sites (N-methyl/N-ethyl adjacent to an activating group) is 1. The number of likely N-dealkylation sites (tertiary alicyclic amines) is 1. The largest absolute Gasteiger partial charge is 0.478 e. The molecule has 4 rings (SSSR count). The number of carboxylic acids is 1. The second-order valence-electron chi connectivity index (χ2n) is 9.61. The van der Waals surface area contributed by atoms with Gasteiger partial charge in [0.15, 0.2) is 10.8 Å². The van der Waals surface area contributed by atoms with E-state index < -0.39 is 48.2 Å². The Bertz CT molecular complexity index is 1250. The molecular weight excluding hydrogens is 523 g/mol. The first-order valence-electron chi connectivity index (χ1n) is 11.8. The average Bonchev–Trinajstić information content (AvgIpc) is 3.46. The van der Waals surface area contributed by atoms with Gasteiger partial charge in [-0.15, -0.1) is 11.3 Å². The maximum absolute atomic E-state index is 14.5. The maximum Gasteiger partial charge on any atom is 0.336 e. The molecule has 3 heterocycles. The molecule has 0 amide bonds. The maximum atomic E-state index is 14.5. The number of esters is 1. The van der Waals surface area contributed by atoms with Crippen LogP contribution in [0.15, 0.2) is 52.1 Å². The number of hydrogen-bond donors (Lipinski definition) is 2. The van der Waals surface area contributed by atoms with E-state index in [2.05, 4.69) is 15.3 Å². The van der Waals surface area contributed by atoms with Gasteiger partial charge >= 0.3 is 11.9 Å². The number of rotatable bonds is 9. The zero-order valence-electron chi connectivity index (χ0n) is 21.1. The Kier molecular flexibility index (Phi) is 7.90. The molecule has 2 aliphatic heterocycles. The number of alkyl halides is 2. The summed E-state index contributed by atoms with van der Waals surface area (Å²) in [6.45, 7) is 0.950. The van der Waals surface area contributed by atoms with Crippen LogP contribution in [-0.2, 0) is 19.9 Å². The van der Waals surface area contributed by atoms with E-state index >= 15 is 0 Å². The lowest BCUT2D eigenvalue weighted by molar-refractivity contribution is -0.149. The molecule has 13 heteroatoms. The monoisotopic (exact) mass is 551 g/mol. The number of aliphatic carboxylic acids is 1. The quantitative estimate of drug-likeness (QED) is 0.459. The SMILES string of the molecule is CN(C)CCOC(=O)[C@@H]1CC(F)(F)CN1CC1=C(C(=O)O)[C@](C)(c2ccc(F)cc2)N=C(c2nccs2)N1. The molecule has 2 N–H and O–H groups in total. The Labute approximate surface area is 221 Å². The van der Waals surface area contributed by atoms with Crippen molar-refractivity contribution in [3.63, 3.8) is 0 Å². The first kappa shape index (κ1) is 27.7. The summed E-state index contributed by atoms with van der Waals surface area (Å²) in [7, 11) is 3.58. The van der Waals surface area contributed by atoms with Gasteiger partial charge in [0.1, 0.15) is 24.0 Å². The van der Waals surface area contributed by atoms with E-state index in [4.69, 9.17) is 4.74 Å². The number of ether oxygens (including phenoxy) is 1. The van der Waals surface area contributed by atoms with Crippen molar-refractivity contribution in [1.29, 1.82) is 0 Å². The van der Waals surface area contributed by atoms with Gasteiger partial charge in [0.2, 0.25) is 0 Å². The number of carboxylic acid groups (broad SMARTS) is 1. The number of carbonyl (C=O) groups excluding carboxylic acids is 1. The van der Waals surface area contributed by atoms with Crippen molar-refractivity contribution in [3.8, 4) is 0 Å². The normalized spacial score (nSPS) is 23.3. The molecule has 2 atom stereocenters. The molecule has 1 fully saturated rings. The molecule has 38 heavy (non-hydrogen) atoms. The Morgan fingerprint density at radius 2 is 2.00 bits per heavy atom. The molecule has 204 valence electrons. The van der Waals surface area contributed by atoms with Gasteiger partial charge in [-0.2, -0.15) is 0 Å². The zero-order chi connectivity index (χ0) is 27.7. The molecule has 2 aliphatic rings.